The molecule has 2 aromatic carbocycles. The lowest BCUT2D eigenvalue weighted by Gasteiger charge is -2.08. The molecule has 0 saturated heterocycles. The molecule has 7 heteroatoms. The van der Waals surface area contributed by atoms with Gasteiger partial charge in [0.05, 0.1) is 6.20 Å². The Labute approximate surface area is 159 Å². The van der Waals surface area contributed by atoms with E-state index in [-0.39, 0.29) is 11.7 Å². The fourth-order valence-electron chi connectivity index (χ4n) is 2.49. The van der Waals surface area contributed by atoms with Crippen molar-refractivity contribution in [2.45, 2.75) is 0 Å². The van der Waals surface area contributed by atoms with E-state index >= 15 is 0 Å². The minimum absolute atomic E-state index is 0.321. The van der Waals surface area contributed by atoms with Crippen molar-refractivity contribution in [1.29, 1.82) is 0 Å². The molecule has 2 aromatic heterocycles. The van der Waals surface area contributed by atoms with Gasteiger partial charge in [0.2, 0.25) is 5.89 Å². The number of benzene rings is 2. The standard InChI is InChI=1S/C21H14FN3O3/c22-15-3-1-14(2-4-15)20(26)25-16-5-7-17(8-6-16)28-18-9-10-23-19(13-18)21-24-11-12-27-21/h1-13H,(H,25,26). The van der Waals surface area contributed by atoms with Crippen LogP contribution in [0.4, 0.5) is 10.1 Å². The molecule has 4 aromatic rings. The summed E-state index contributed by atoms with van der Waals surface area (Å²) in [5, 5.41) is 2.75. The zero-order valence-electron chi connectivity index (χ0n) is 14.5. The van der Waals surface area contributed by atoms with E-state index in [1.54, 1.807) is 48.8 Å². The Hall–Kier alpha value is -4.00. The summed E-state index contributed by atoms with van der Waals surface area (Å²) in [6, 6.07) is 15.7. The quantitative estimate of drug-likeness (QED) is 0.536. The van der Waals surface area contributed by atoms with Crippen molar-refractivity contribution in [3.05, 3.63) is 90.7 Å². The summed E-state index contributed by atoms with van der Waals surface area (Å²) in [4.78, 5) is 20.4. The van der Waals surface area contributed by atoms with Gasteiger partial charge in [-0.3, -0.25) is 9.78 Å². The third-order valence-corrected chi connectivity index (χ3v) is 3.84. The lowest BCUT2D eigenvalue weighted by atomic mass is 10.2. The van der Waals surface area contributed by atoms with E-state index in [9.17, 15) is 9.18 Å². The maximum absolute atomic E-state index is 12.9. The maximum atomic E-state index is 12.9. The lowest BCUT2D eigenvalue weighted by Crippen LogP contribution is -2.11. The number of pyridine rings is 1. The second-order valence-electron chi connectivity index (χ2n) is 5.80. The van der Waals surface area contributed by atoms with Crippen molar-refractivity contribution in [3.63, 3.8) is 0 Å². The molecule has 0 radical (unpaired) electrons. The van der Waals surface area contributed by atoms with Crippen LogP contribution in [-0.4, -0.2) is 15.9 Å². The first-order valence-corrected chi connectivity index (χ1v) is 8.38. The normalized spacial score (nSPS) is 10.5. The van der Waals surface area contributed by atoms with Crippen LogP contribution in [0.15, 0.2) is 83.7 Å². The summed E-state index contributed by atoms with van der Waals surface area (Å²) in [6.07, 6.45) is 4.62. The maximum Gasteiger partial charge on any atom is 0.255 e. The van der Waals surface area contributed by atoms with Crippen LogP contribution in [0, 0.1) is 5.82 Å². The van der Waals surface area contributed by atoms with Crippen LogP contribution in [0.1, 0.15) is 10.4 Å². The van der Waals surface area contributed by atoms with E-state index in [0.717, 1.165) is 0 Å². The first-order chi connectivity index (χ1) is 13.7. The number of carbonyl (C=O) groups excluding carboxylic acids is 1. The van der Waals surface area contributed by atoms with Crippen LogP contribution in [-0.2, 0) is 0 Å². The fraction of sp³-hybridized carbons (Fsp3) is 0. The molecule has 1 N–H and O–H groups in total. The molecular weight excluding hydrogens is 361 g/mol. The Balaban J connectivity index is 1.43. The highest BCUT2D eigenvalue weighted by molar-refractivity contribution is 6.04. The molecule has 28 heavy (non-hydrogen) atoms. The molecule has 0 aliphatic rings. The van der Waals surface area contributed by atoms with Crippen LogP contribution in [0.5, 0.6) is 11.5 Å². The van der Waals surface area contributed by atoms with Crippen molar-refractivity contribution in [3.8, 4) is 23.1 Å². The Morgan fingerprint density at radius 2 is 1.71 bits per heavy atom. The monoisotopic (exact) mass is 375 g/mol. The average molecular weight is 375 g/mol. The zero-order valence-corrected chi connectivity index (χ0v) is 14.5. The van der Waals surface area contributed by atoms with E-state index in [2.05, 4.69) is 15.3 Å². The molecule has 4 rings (SSSR count). The molecule has 0 aliphatic heterocycles. The third kappa shape index (κ3) is 4.04. The topological polar surface area (TPSA) is 77.2 Å². The molecule has 0 spiro atoms. The van der Waals surface area contributed by atoms with Crippen LogP contribution in [0.3, 0.4) is 0 Å². The van der Waals surface area contributed by atoms with Gasteiger partial charge >= 0.3 is 0 Å². The number of rotatable bonds is 5. The predicted molar refractivity (Wildman–Crippen MR) is 101 cm³/mol. The lowest BCUT2D eigenvalue weighted by molar-refractivity contribution is 0.102. The number of carbonyl (C=O) groups is 1. The van der Waals surface area contributed by atoms with E-state index in [4.69, 9.17) is 9.15 Å². The highest BCUT2D eigenvalue weighted by Gasteiger charge is 2.08. The highest BCUT2D eigenvalue weighted by Crippen LogP contribution is 2.26. The van der Waals surface area contributed by atoms with Crippen molar-refractivity contribution in [2.75, 3.05) is 5.32 Å². The van der Waals surface area contributed by atoms with Gasteiger partial charge in [-0.25, -0.2) is 9.37 Å². The smallest absolute Gasteiger partial charge is 0.255 e. The van der Waals surface area contributed by atoms with E-state index in [0.29, 0.717) is 34.3 Å². The fourth-order valence-corrected chi connectivity index (χ4v) is 2.49. The van der Waals surface area contributed by atoms with Gasteiger partial charge in [-0.05, 0) is 54.6 Å². The van der Waals surface area contributed by atoms with E-state index < -0.39 is 0 Å². The largest absolute Gasteiger partial charge is 0.457 e. The number of nitrogens with one attached hydrogen (secondary N) is 1. The average Bonchev–Trinajstić information content (AvgIpc) is 3.25. The molecule has 0 saturated carbocycles. The Morgan fingerprint density at radius 3 is 2.43 bits per heavy atom. The van der Waals surface area contributed by atoms with Crippen molar-refractivity contribution < 1.29 is 18.3 Å². The molecule has 1 amide bonds. The summed E-state index contributed by atoms with van der Waals surface area (Å²) < 4.78 is 24.0. The van der Waals surface area contributed by atoms with Crippen molar-refractivity contribution in [1.82, 2.24) is 9.97 Å². The molecule has 0 fully saturated rings. The van der Waals surface area contributed by atoms with Gasteiger partial charge in [-0.15, -0.1) is 0 Å². The molecule has 0 aliphatic carbocycles. The van der Waals surface area contributed by atoms with Crippen LogP contribution in [0.2, 0.25) is 0 Å². The number of oxazole rings is 1. The van der Waals surface area contributed by atoms with Crippen LogP contribution >= 0.6 is 0 Å². The van der Waals surface area contributed by atoms with Gasteiger partial charge in [0, 0.05) is 23.5 Å². The predicted octanol–water partition coefficient (Wildman–Crippen LogP) is 4.92. The number of ether oxygens (including phenoxy) is 1. The molecule has 0 bridgehead atoms. The van der Waals surface area contributed by atoms with Gasteiger partial charge in [-0.2, -0.15) is 0 Å². The minimum Gasteiger partial charge on any atom is -0.457 e. The third-order valence-electron chi connectivity index (χ3n) is 3.84. The van der Waals surface area contributed by atoms with Gasteiger partial charge in [-0.1, -0.05) is 0 Å². The van der Waals surface area contributed by atoms with Gasteiger partial charge in [0.1, 0.15) is 29.3 Å². The summed E-state index contributed by atoms with van der Waals surface area (Å²) in [5.74, 6) is 0.860. The van der Waals surface area contributed by atoms with Gasteiger partial charge < -0.3 is 14.5 Å². The number of hydrogen-bond acceptors (Lipinski definition) is 5. The number of nitrogens with zero attached hydrogens (tertiary/aromatic N) is 2. The van der Waals surface area contributed by atoms with E-state index in [1.165, 1.54) is 30.5 Å². The second kappa shape index (κ2) is 7.71. The Kier molecular flexibility index (Phi) is 4.79. The summed E-state index contributed by atoms with van der Waals surface area (Å²) >= 11 is 0. The molecular formula is C21H14FN3O3. The SMILES string of the molecule is O=C(Nc1ccc(Oc2ccnc(-c3ncco3)c2)cc1)c1ccc(F)cc1. The first-order valence-electron chi connectivity index (χ1n) is 8.38. The minimum atomic E-state index is -0.389. The van der Waals surface area contributed by atoms with Gasteiger partial charge in [0.25, 0.3) is 5.91 Å². The summed E-state index contributed by atoms with van der Waals surface area (Å²) in [7, 11) is 0. The highest BCUT2D eigenvalue weighted by atomic mass is 19.1. The molecule has 6 nitrogen and oxygen atoms in total. The number of aromatic nitrogens is 2. The first kappa shape index (κ1) is 17.4. The van der Waals surface area contributed by atoms with Crippen LogP contribution < -0.4 is 10.1 Å². The molecule has 0 unspecified atom stereocenters. The Bertz CT molecular complexity index is 1080. The number of hydrogen-bond donors (Lipinski definition) is 1. The Morgan fingerprint density at radius 1 is 0.929 bits per heavy atom. The van der Waals surface area contributed by atoms with Crippen molar-refractivity contribution in [2.24, 2.45) is 0 Å². The summed E-state index contributed by atoms with van der Waals surface area (Å²) in [5.41, 5.74) is 1.53. The number of halogens is 1. The van der Waals surface area contributed by atoms with Crippen molar-refractivity contribution >= 4 is 11.6 Å². The van der Waals surface area contributed by atoms with Crippen LogP contribution in [0.25, 0.3) is 11.6 Å². The molecule has 0 atom stereocenters. The van der Waals surface area contributed by atoms with Gasteiger partial charge in [0.15, 0.2) is 0 Å². The second-order valence-corrected chi connectivity index (χ2v) is 5.80. The number of anilines is 1. The van der Waals surface area contributed by atoms with E-state index in [1.807, 2.05) is 0 Å². The molecule has 138 valence electrons. The number of amides is 1. The zero-order chi connectivity index (χ0) is 19.3. The molecule has 2 heterocycles. The summed E-state index contributed by atoms with van der Waals surface area (Å²) in [6.45, 7) is 0.